The largest absolute Gasteiger partial charge is 0.467 e. The van der Waals surface area contributed by atoms with Crippen molar-refractivity contribution in [1.82, 2.24) is 0 Å². The first-order valence-electron chi connectivity index (χ1n) is 6.88. The van der Waals surface area contributed by atoms with Crippen molar-refractivity contribution in [2.45, 2.75) is 12.5 Å². The molecule has 0 amide bonds. The molecule has 2 aromatic carbocycles. The molecule has 0 bridgehead atoms. The van der Waals surface area contributed by atoms with E-state index in [1.807, 2.05) is 67.6 Å². The van der Waals surface area contributed by atoms with Gasteiger partial charge in [-0.25, -0.2) is 4.79 Å². The minimum Gasteiger partial charge on any atom is -0.467 e. The lowest BCUT2D eigenvalue weighted by atomic mass is 9.79. The van der Waals surface area contributed by atoms with Gasteiger partial charge in [0.2, 0.25) is 0 Å². The maximum Gasteiger partial charge on any atom is 0.340 e. The fourth-order valence-corrected chi connectivity index (χ4v) is 2.85. The number of esters is 1. The average Bonchev–Trinajstić information content (AvgIpc) is 2.54. The van der Waals surface area contributed by atoms with Crippen molar-refractivity contribution < 1.29 is 9.53 Å². The van der Waals surface area contributed by atoms with E-state index in [1.54, 1.807) is 0 Å². The van der Waals surface area contributed by atoms with Crippen LogP contribution in [-0.2, 0) is 15.1 Å². The summed E-state index contributed by atoms with van der Waals surface area (Å²) in [6, 6.07) is 17.6. The molecule has 0 fully saturated rings. The Kier molecular flexibility index (Phi) is 3.26. The third-order valence-corrected chi connectivity index (χ3v) is 3.94. The molecule has 0 saturated carbocycles. The van der Waals surface area contributed by atoms with Crippen LogP contribution in [0.5, 0.6) is 0 Å². The van der Waals surface area contributed by atoms with Gasteiger partial charge in [-0.2, -0.15) is 0 Å². The summed E-state index contributed by atoms with van der Waals surface area (Å²) in [4.78, 5) is 12.6. The number of hydrogen-bond donors (Lipinski definition) is 1. The topological polar surface area (TPSA) is 38.3 Å². The highest BCUT2D eigenvalue weighted by Gasteiger charge is 2.45. The number of rotatable bonds is 2. The van der Waals surface area contributed by atoms with Gasteiger partial charge in [0.25, 0.3) is 0 Å². The number of fused-ring (bicyclic) bond motifs is 1. The third kappa shape index (κ3) is 2.02. The first-order valence-corrected chi connectivity index (χ1v) is 6.88. The summed E-state index contributed by atoms with van der Waals surface area (Å²) in [5.74, 6) is -0.308. The molecule has 1 aliphatic heterocycles. The summed E-state index contributed by atoms with van der Waals surface area (Å²) in [6.07, 6.45) is 2.04. The van der Waals surface area contributed by atoms with Crippen molar-refractivity contribution in [2.24, 2.45) is 0 Å². The summed E-state index contributed by atoms with van der Waals surface area (Å²) in [6.45, 7) is 1.95. The van der Waals surface area contributed by atoms with E-state index in [9.17, 15) is 4.79 Å². The summed E-state index contributed by atoms with van der Waals surface area (Å²) < 4.78 is 5.09. The van der Waals surface area contributed by atoms with Gasteiger partial charge < -0.3 is 10.1 Å². The quantitative estimate of drug-likeness (QED) is 0.854. The molecule has 21 heavy (non-hydrogen) atoms. The zero-order valence-electron chi connectivity index (χ0n) is 12.1. The predicted molar refractivity (Wildman–Crippen MR) is 83.9 cm³/mol. The molecule has 0 radical (unpaired) electrons. The van der Waals surface area contributed by atoms with Gasteiger partial charge in [0.05, 0.1) is 7.11 Å². The molecule has 1 unspecified atom stereocenters. The molecule has 0 aliphatic carbocycles. The monoisotopic (exact) mass is 279 g/mol. The number of benzene rings is 2. The van der Waals surface area contributed by atoms with Crippen molar-refractivity contribution in [3.8, 4) is 0 Å². The molecule has 3 nitrogen and oxygen atoms in total. The lowest BCUT2D eigenvalue weighted by molar-refractivity contribution is -0.145. The number of carbonyl (C=O) groups excluding carboxylic acids is 1. The SMILES string of the molecule is COC(=O)C1(c2ccccc2)Nc2ccccc2C=C1C. The highest BCUT2D eigenvalue weighted by Crippen LogP contribution is 2.40. The number of anilines is 1. The van der Waals surface area contributed by atoms with Gasteiger partial charge >= 0.3 is 5.97 Å². The minimum atomic E-state index is -0.968. The normalized spacial score (nSPS) is 20.0. The second-order valence-electron chi connectivity index (χ2n) is 5.15. The lowest BCUT2D eigenvalue weighted by Crippen LogP contribution is -2.46. The van der Waals surface area contributed by atoms with E-state index >= 15 is 0 Å². The predicted octanol–water partition coefficient (Wildman–Crippen LogP) is 3.58. The zero-order chi connectivity index (χ0) is 14.9. The lowest BCUT2D eigenvalue weighted by Gasteiger charge is -2.37. The van der Waals surface area contributed by atoms with Crippen LogP contribution >= 0.6 is 0 Å². The molecule has 2 aromatic rings. The fraction of sp³-hybridized carbons (Fsp3) is 0.167. The van der Waals surface area contributed by atoms with Gasteiger partial charge in [-0.15, -0.1) is 0 Å². The molecule has 106 valence electrons. The first-order chi connectivity index (χ1) is 10.2. The van der Waals surface area contributed by atoms with Crippen LogP contribution in [0.2, 0.25) is 0 Å². The van der Waals surface area contributed by atoms with Gasteiger partial charge in [-0.05, 0) is 29.7 Å². The zero-order valence-corrected chi connectivity index (χ0v) is 12.1. The molecule has 0 spiro atoms. The van der Waals surface area contributed by atoms with Crippen molar-refractivity contribution in [1.29, 1.82) is 0 Å². The van der Waals surface area contributed by atoms with Crippen LogP contribution in [0.1, 0.15) is 18.1 Å². The maximum atomic E-state index is 12.6. The van der Waals surface area contributed by atoms with Gasteiger partial charge in [-0.3, -0.25) is 0 Å². The molecule has 3 heteroatoms. The summed E-state index contributed by atoms with van der Waals surface area (Å²) >= 11 is 0. The van der Waals surface area contributed by atoms with Crippen molar-refractivity contribution in [3.05, 3.63) is 71.3 Å². The summed E-state index contributed by atoms with van der Waals surface area (Å²) in [5.41, 5.74) is 2.83. The highest BCUT2D eigenvalue weighted by atomic mass is 16.5. The van der Waals surface area contributed by atoms with E-state index in [4.69, 9.17) is 4.74 Å². The molecule has 1 heterocycles. The van der Waals surface area contributed by atoms with Gasteiger partial charge in [0.1, 0.15) is 0 Å². The average molecular weight is 279 g/mol. The smallest absolute Gasteiger partial charge is 0.340 e. The number of nitrogens with one attached hydrogen (secondary N) is 1. The number of carbonyl (C=O) groups is 1. The van der Waals surface area contributed by atoms with E-state index in [2.05, 4.69) is 5.32 Å². The van der Waals surface area contributed by atoms with Crippen molar-refractivity contribution >= 4 is 17.7 Å². The van der Waals surface area contributed by atoms with Crippen LogP contribution in [0.25, 0.3) is 6.08 Å². The van der Waals surface area contributed by atoms with Gasteiger partial charge in [-0.1, -0.05) is 54.6 Å². The molecule has 1 aliphatic rings. The van der Waals surface area contributed by atoms with Crippen LogP contribution in [0.3, 0.4) is 0 Å². The Morgan fingerprint density at radius 3 is 2.43 bits per heavy atom. The second kappa shape index (κ2) is 5.09. The molecule has 3 rings (SSSR count). The second-order valence-corrected chi connectivity index (χ2v) is 5.15. The van der Waals surface area contributed by atoms with Crippen LogP contribution in [0, 0.1) is 0 Å². The Balaban J connectivity index is 2.22. The summed E-state index contributed by atoms with van der Waals surface area (Å²) in [5, 5.41) is 3.38. The Hall–Kier alpha value is -2.55. The molecule has 0 aromatic heterocycles. The Bertz CT molecular complexity index is 706. The number of methoxy groups -OCH3 is 1. The highest BCUT2D eigenvalue weighted by molar-refractivity contribution is 5.95. The molecule has 1 atom stereocenters. The number of hydrogen-bond acceptors (Lipinski definition) is 3. The van der Waals surface area contributed by atoms with Crippen LogP contribution in [-0.4, -0.2) is 13.1 Å². The fourth-order valence-electron chi connectivity index (χ4n) is 2.85. The number of para-hydroxylation sites is 1. The van der Waals surface area contributed by atoms with E-state index in [-0.39, 0.29) is 5.97 Å². The standard InChI is InChI=1S/C18H17NO2/c1-13-12-14-8-6-7-11-16(14)19-18(13,17(20)21-2)15-9-4-3-5-10-15/h3-12,19H,1-2H3. The Morgan fingerprint density at radius 2 is 1.71 bits per heavy atom. The van der Waals surface area contributed by atoms with Crippen molar-refractivity contribution in [3.63, 3.8) is 0 Å². The Labute approximate surface area is 124 Å². The molecule has 0 saturated heterocycles. The number of ether oxygens (including phenoxy) is 1. The van der Waals surface area contributed by atoms with E-state index in [1.165, 1.54) is 7.11 Å². The van der Waals surface area contributed by atoms with Gasteiger partial charge in [0, 0.05) is 5.69 Å². The van der Waals surface area contributed by atoms with Crippen LogP contribution < -0.4 is 5.32 Å². The molecular weight excluding hydrogens is 262 g/mol. The van der Waals surface area contributed by atoms with Crippen molar-refractivity contribution in [2.75, 3.05) is 12.4 Å². The maximum absolute atomic E-state index is 12.6. The van der Waals surface area contributed by atoms with E-state index in [0.29, 0.717) is 0 Å². The third-order valence-electron chi connectivity index (χ3n) is 3.94. The van der Waals surface area contributed by atoms with Crippen LogP contribution in [0.4, 0.5) is 5.69 Å². The summed E-state index contributed by atoms with van der Waals surface area (Å²) in [7, 11) is 1.42. The molecule has 1 N–H and O–H groups in total. The van der Waals surface area contributed by atoms with Crippen LogP contribution in [0.15, 0.2) is 60.2 Å². The Morgan fingerprint density at radius 1 is 1.05 bits per heavy atom. The van der Waals surface area contributed by atoms with E-state index < -0.39 is 5.54 Å². The minimum absolute atomic E-state index is 0.308. The van der Waals surface area contributed by atoms with E-state index in [0.717, 1.165) is 22.4 Å². The first kappa shape index (κ1) is 13.4. The van der Waals surface area contributed by atoms with Gasteiger partial charge in [0.15, 0.2) is 5.54 Å². The molecular formula is C18H17NO2.